The summed E-state index contributed by atoms with van der Waals surface area (Å²) in [4.78, 5) is 29.4. The SMILES string of the molecule is CCCOc1cc2ncnc(Nc3cnc(NC(=O)c4cccc(Cl)c4)nc3)c2cc1OC. The zero-order chi connectivity index (χ0) is 23.2. The van der Waals surface area contributed by atoms with Crippen LogP contribution in [0, 0.1) is 0 Å². The standard InChI is InChI=1S/C23H21ClN6O3/c1-3-7-33-20-10-18-17(9-19(20)32-2)21(28-13-27-18)29-16-11-25-23(26-12-16)30-22(31)14-5-4-6-15(24)8-14/h4-6,8-13H,3,7H2,1-2H3,(H,27,28,29)(H,25,26,30,31). The van der Waals surface area contributed by atoms with E-state index in [2.05, 4.69) is 30.6 Å². The van der Waals surface area contributed by atoms with Crippen LogP contribution >= 0.6 is 11.6 Å². The Bertz CT molecular complexity index is 1280. The summed E-state index contributed by atoms with van der Waals surface area (Å²) in [5, 5.41) is 7.04. The number of aromatic nitrogens is 4. The molecule has 2 heterocycles. The number of methoxy groups -OCH3 is 1. The summed E-state index contributed by atoms with van der Waals surface area (Å²) in [7, 11) is 1.58. The maximum absolute atomic E-state index is 12.3. The topological polar surface area (TPSA) is 111 Å². The van der Waals surface area contributed by atoms with Crippen molar-refractivity contribution in [3.05, 3.63) is 65.7 Å². The van der Waals surface area contributed by atoms with Crippen LogP contribution in [0.3, 0.4) is 0 Å². The first-order valence-electron chi connectivity index (χ1n) is 10.2. The summed E-state index contributed by atoms with van der Waals surface area (Å²) >= 11 is 5.94. The average molecular weight is 465 g/mol. The molecule has 0 saturated carbocycles. The van der Waals surface area contributed by atoms with Gasteiger partial charge in [0.15, 0.2) is 11.5 Å². The highest BCUT2D eigenvalue weighted by Gasteiger charge is 2.13. The average Bonchev–Trinajstić information content (AvgIpc) is 2.83. The van der Waals surface area contributed by atoms with Crippen molar-refractivity contribution in [3.8, 4) is 11.5 Å². The molecule has 4 aromatic rings. The van der Waals surface area contributed by atoms with E-state index in [0.29, 0.717) is 45.7 Å². The van der Waals surface area contributed by atoms with E-state index in [1.165, 1.54) is 6.33 Å². The van der Waals surface area contributed by atoms with Crippen molar-refractivity contribution >= 4 is 45.9 Å². The maximum Gasteiger partial charge on any atom is 0.258 e. The van der Waals surface area contributed by atoms with Gasteiger partial charge in [-0.25, -0.2) is 19.9 Å². The molecule has 0 bridgehead atoms. The van der Waals surface area contributed by atoms with Crippen molar-refractivity contribution < 1.29 is 14.3 Å². The van der Waals surface area contributed by atoms with Crippen LogP contribution in [0.15, 0.2) is 55.1 Å². The second-order valence-corrected chi connectivity index (χ2v) is 7.41. The third-order valence-electron chi connectivity index (χ3n) is 4.61. The molecular formula is C23H21ClN6O3. The molecule has 2 aromatic heterocycles. The largest absolute Gasteiger partial charge is 0.493 e. The van der Waals surface area contributed by atoms with Crippen LogP contribution in [0.1, 0.15) is 23.7 Å². The van der Waals surface area contributed by atoms with Crippen molar-refractivity contribution in [1.82, 2.24) is 19.9 Å². The minimum Gasteiger partial charge on any atom is -0.493 e. The number of carbonyl (C=O) groups is 1. The Morgan fingerprint density at radius 1 is 1.06 bits per heavy atom. The fourth-order valence-electron chi connectivity index (χ4n) is 3.05. The first-order chi connectivity index (χ1) is 16.1. The summed E-state index contributed by atoms with van der Waals surface area (Å²) in [6, 6.07) is 10.3. The number of halogens is 1. The van der Waals surface area contributed by atoms with E-state index in [9.17, 15) is 4.79 Å². The van der Waals surface area contributed by atoms with Crippen LogP contribution in [0.25, 0.3) is 10.9 Å². The summed E-state index contributed by atoms with van der Waals surface area (Å²) < 4.78 is 11.2. The van der Waals surface area contributed by atoms with Crippen LogP contribution in [-0.4, -0.2) is 39.6 Å². The van der Waals surface area contributed by atoms with Crippen LogP contribution in [0.2, 0.25) is 5.02 Å². The van der Waals surface area contributed by atoms with Gasteiger partial charge in [0.2, 0.25) is 5.95 Å². The highest BCUT2D eigenvalue weighted by atomic mass is 35.5. The van der Waals surface area contributed by atoms with E-state index in [1.54, 1.807) is 43.8 Å². The van der Waals surface area contributed by atoms with Gasteiger partial charge < -0.3 is 14.8 Å². The zero-order valence-electron chi connectivity index (χ0n) is 18.0. The molecule has 4 rings (SSSR count). The molecule has 2 aromatic carbocycles. The minimum atomic E-state index is -0.354. The highest BCUT2D eigenvalue weighted by Crippen LogP contribution is 2.34. The van der Waals surface area contributed by atoms with E-state index in [-0.39, 0.29) is 11.9 Å². The smallest absolute Gasteiger partial charge is 0.258 e. The highest BCUT2D eigenvalue weighted by molar-refractivity contribution is 6.31. The van der Waals surface area contributed by atoms with E-state index in [4.69, 9.17) is 21.1 Å². The van der Waals surface area contributed by atoms with Gasteiger partial charge in [-0.1, -0.05) is 24.6 Å². The molecule has 9 nitrogen and oxygen atoms in total. The Labute approximate surface area is 195 Å². The lowest BCUT2D eigenvalue weighted by molar-refractivity contribution is 0.102. The Kier molecular flexibility index (Phi) is 6.80. The fraction of sp³-hybridized carbons (Fsp3) is 0.174. The van der Waals surface area contributed by atoms with Crippen LogP contribution in [0.4, 0.5) is 17.5 Å². The van der Waals surface area contributed by atoms with Gasteiger partial charge in [-0.3, -0.25) is 10.1 Å². The quantitative estimate of drug-likeness (QED) is 0.380. The van der Waals surface area contributed by atoms with Gasteiger partial charge in [-0.15, -0.1) is 0 Å². The first-order valence-corrected chi connectivity index (χ1v) is 10.6. The molecule has 10 heteroatoms. The van der Waals surface area contributed by atoms with Crippen molar-refractivity contribution in [2.45, 2.75) is 13.3 Å². The van der Waals surface area contributed by atoms with Crippen molar-refractivity contribution in [1.29, 1.82) is 0 Å². The van der Waals surface area contributed by atoms with E-state index >= 15 is 0 Å². The van der Waals surface area contributed by atoms with E-state index in [1.807, 2.05) is 19.1 Å². The predicted molar refractivity (Wildman–Crippen MR) is 127 cm³/mol. The number of ether oxygens (including phenoxy) is 2. The second-order valence-electron chi connectivity index (χ2n) is 6.98. The number of nitrogens with zero attached hydrogens (tertiary/aromatic N) is 4. The molecule has 0 atom stereocenters. The van der Waals surface area contributed by atoms with Crippen molar-refractivity contribution in [2.75, 3.05) is 24.4 Å². The number of hydrogen-bond acceptors (Lipinski definition) is 8. The molecule has 33 heavy (non-hydrogen) atoms. The molecule has 0 unspecified atom stereocenters. The maximum atomic E-state index is 12.3. The summed E-state index contributed by atoms with van der Waals surface area (Å²) in [5.41, 5.74) is 1.70. The number of nitrogens with one attached hydrogen (secondary N) is 2. The number of benzene rings is 2. The number of fused-ring (bicyclic) bond motifs is 1. The Morgan fingerprint density at radius 2 is 1.88 bits per heavy atom. The van der Waals surface area contributed by atoms with Gasteiger partial charge in [0.1, 0.15) is 12.1 Å². The summed E-state index contributed by atoms with van der Waals surface area (Å²) in [5.74, 6) is 1.58. The molecule has 0 aliphatic rings. The lowest BCUT2D eigenvalue weighted by Gasteiger charge is -2.13. The van der Waals surface area contributed by atoms with Crippen LogP contribution in [-0.2, 0) is 0 Å². The molecule has 0 spiro atoms. The van der Waals surface area contributed by atoms with Crippen molar-refractivity contribution in [2.24, 2.45) is 0 Å². The lowest BCUT2D eigenvalue weighted by atomic mass is 10.2. The molecular weight excluding hydrogens is 444 g/mol. The number of rotatable bonds is 8. The number of amides is 1. The van der Waals surface area contributed by atoms with Crippen LogP contribution in [0.5, 0.6) is 11.5 Å². The molecule has 168 valence electrons. The van der Waals surface area contributed by atoms with Gasteiger partial charge in [-0.05, 0) is 30.7 Å². The van der Waals surface area contributed by atoms with Gasteiger partial charge in [-0.2, -0.15) is 0 Å². The van der Waals surface area contributed by atoms with Gasteiger partial charge in [0.05, 0.1) is 37.3 Å². The number of anilines is 3. The Balaban J connectivity index is 1.52. The predicted octanol–water partition coefficient (Wildman–Crippen LogP) is 4.87. The normalized spacial score (nSPS) is 10.6. The van der Waals surface area contributed by atoms with Crippen LogP contribution < -0.4 is 20.1 Å². The number of carbonyl (C=O) groups excluding carboxylic acids is 1. The molecule has 0 aliphatic heterocycles. The monoisotopic (exact) mass is 464 g/mol. The molecule has 0 saturated heterocycles. The molecule has 0 aliphatic carbocycles. The van der Waals surface area contributed by atoms with E-state index in [0.717, 1.165) is 11.8 Å². The summed E-state index contributed by atoms with van der Waals surface area (Å²) in [6.07, 6.45) is 5.43. The molecule has 0 fully saturated rings. The fourth-order valence-corrected chi connectivity index (χ4v) is 3.24. The lowest BCUT2D eigenvalue weighted by Crippen LogP contribution is -2.14. The summed E-state index contributed by atoms with van der Waals surface area (Å²) in [6.45, 7) is 2.61. The minimum absolute atomic E-state index is 0.164. The molecule has 1 amide bonds. The van der Waals surface area contributed by atoms with Gasteiger partial charge in [0, 0.05) is 22.0 Å². The van der Waals surface area contributed by atoms with E-state index < -0.39 is 0 Å². The second kappa shape index (κ2) is 10.1. The Hall–Kier alpha value is -3.98. The van der Waals surface area contributed by atoms with Crippen molar-refractivity contribution in [3.63, 3.8) is 0 Å². The van der Waals surface area contributed by atoms with Gasteiger partial charge in [0.25, 0.3) is 5.91 Å². The zero-order valence-corrected chi connectivity index (χ0v) is 18.8. The van der Waals surface area contributed by atoms with Gasteiger partial charge >= 0.3 is 0 Å². The first kappa shape index (κ1) is 22.2. The molecule has 0 radical (unpaired) electrons. The third-order valence-corrected chi connectivity index (χ3v) is 4.84. The number of hydrogen-bond donors (Lipinski definition) is 2. The third kappa shape index (κ3) is 5.27. The Morgan fingerprint density at radius 3 is 2.61 bits per heavy atom. The molecule has 2 N–H and O–H groups in total.